The zero-order valence-corrected chi connectivity index (χ0v) is 17.0. The van der Waals surface area contributed by atoms with Gasteiger partial charge in [-0.3, -0.25) is 9.52 Å². The molecule has 9 heteroatoms. The smallest absolute Gasteiger partial charge is 0.263 e. The molecule has 0 unspecified atom stereocenters. The summed E-state index contributed by atoms with van der Waals surface area (Å²) >= 11 is 0. The van der Waals surface area contributed by atoms with Gasteiger partial charge in [0.1, 0.15) is 22.9 Å². The van der Waals surface area contributed by atoms with Gasteiger partial charge in [-0.05, 0) is 60.7 Å². The molecule has 30 heavy (non-hydrogen) atoms. The molecule has 0 heterocycles. The van der Waals surface area contributed by atoms with Crippen molar-refractivity contribution in [2.75, 3.05) is 24.3 Å². The Morgan fingerprint density at radius 1 is 0.833 bits per heavy atom. The number of rotatable bonds is 7. The summed E-state index contributed by atoms with van der Waals surface area (Å²) in [6.07, 6.45) is 0. The van der Waals surface area contributed by atoms with Crippen molar-refractivity contribution in [3.05, 3.63) is 78.1 Å². The molecule has 3 aromatic rings. The summed E-state index contributed by atoms with van der Waals surface area (Å²) in [7, 11) is -0.983. The van der Waals surface area contributed by atoms with Crippen molar-refractivity contribution >= 4 is 27.3 Å². The largest absolute Gasteiger partial charge is 0.496 e. The molecule has 156 valence electrons. The van der Waals surface area contributed by atoms with Crippen molar-refractivity contribution in [2.24, 2.45) is 0 Å². The predicted octanol–water partition coefficient (Wildman–Crippen LogP) is 3.90. The van der Waals surface area contributed by atoms with Gasteiger partial charge in [0.2, 0.25) is 0 Å². The minimum atomic E-state index is -3.87. The molecule has 3 aromatic carbocycles. The summed E-state index contributed by atoms with van der Waals surface area (Å²) in [6.45, 7) is 0. The van der Waals surface area contributed by atoms with Crippen molar-refractivity contribution in [2.45, 2.75) is 4.90 Å². The van der Waals surface area contributed by atoms with E-state index in [0.717, 1.165) is 12.1 Å². The number of hydrogen-bond donors (Lipinski definition) is 2. The molecule has 3 rings (SSSR count). The third kappa shape index (κ3) is 4.69. The van der Waals surface area contributed by atoms with Gasteiger partial charge in [0, 0.05) is 11.4 Å². The van der Waals surface area contributed by atoms with E-state index in [2.05, 4.69) is 10.0 Å². The molecule has 0 fully saturated rings. The fourth-order valence-electron chi connectivity index (χ4n) is 2.72. The van der Waals surface area contributed by atoms with Crippen LogP contribution in [0.15, 0.2) is 71.6 Å². The molecule has 0 aromatic heterocycles. The molecule has 0 saturated carbocycles. The van der Waals surface area contributed by atoms with Crippen molar-refractivity contribution in [3.8, 4) is 11.5 Å². The average Bonchev–Trinajstić information content (AvgIpc) is 2.74. The van der Waals surface area contributed by atoms with Crippen molar-refractivity contribution in [3.63, 3.8) is 0 Å². The highest BCUT2D eigenvalue weighted by Gasteiger charge is 2.19. The monoisotopic (exact) mass is 430 g/mol. The molecule has 0 atom stereocenters. The SMILES string of the molecule is COc1cccc(OC)c1C(=O)Nc1ccc(S(=O)(=O)Nc2ccc(F)cc2)cc1. The second-order valence-electron chi connectivity index (χ2n) is 6.13. The molecule has 0 aliphatic carbocycles. The molecule has 0 bridgehead atoms. The Hall–Kier alpha value is -3.59. The van der Waals surface area contributed by atoms with Gasteiger partial charge in [0.05, 0.1) is 19.1 Å². The molecule has 7 nitrogen and oxygen atoms in total. The molecule has 0 saturated heterocycles. The molecular formula is C21H19FN2O5S. The fourth-order valence-corrected chi connectivity index (χ4v) is 3.78. The summed E-state index contributed by atoms with van der Waals surface area (Å²) in [6, 6.07) is 15.5. The average molecular weight is 430 g/mol. The minimum absolute atomic E-state index is 0.0142. The second kappa shape index (κ2) is 8.83. The van der Waals surface area contributed by atoms with Crippen LogP contribution in [0.5, 0.6) is 11.5 Å². The van der Waals surface area contributed by atoms with E-state index in [1.807, 2.05) is 0 Å². The lowest BCUT2D eigenvalue weighted by Gasteiger charge is -2.13. The number of nitrogens with one attached hydrogen (secondary N) is 2. The van der Waals surface area contributed by atoms with E-state index in [1.165, 1.54) is 50.6 Å². The van der Waals surface area contributed by atoms with E-state index in [0.29, 0.717) is 17.2 Å². The molecule has 2 N–H and O–H groups in total. The number of amides is 1. The van der Waals surface area contributed by atoms with Crippen LogP contribution in [-0.4, -0.2) is 28.5 Å². The number of sulfonamides is 1. The van der Waals surface area contributed by atoms with Crippen LogP contribution in [0.4, 0.5) is 15.8 Å². The molecular weight excluding hydrogens is 411 g/mol. The fraction of sp³-hybridized carbons (Fsp3) is 0.0952. The van der Waals surface area contributed by atoms with Crippen LogP contribution in [0, 0.1) is 5.82 Å². The van der Waals surface area contributed by atoms with Crippen LogP contribution in [-0.2, 0) is 10.0 Å². The van der Waals surface area contributed by atoms with Crippen LogP contribution in [0.1, 0.15) is 10.4 Å². The van der Waals surface area contributed by atoms with E-state index in [-0.39, 0.29) is 16.1 Å². The molecule has 0 spiro atoms. The zero-order valence-electron chi connectivity index (χ0n) is 16.2. The molecule has 0 radical (unpaired) electrons. The highest BCUT2D eigenvalue weighted by molar-refractivity contribution is 7.92. The predicted molar refractivity (Wildman–Crippen MR) is 111 cm³/mol. The van der Waals surface area contributed by atoms with Gasteiger partial charge in [-0.1, -0.05) is 6.07 Å². The van der Waals surface area contributed by atoms with Crippen LogP contribution in [0.25, 0.3) is 0 Å². The van der Waals surface area contributed by atoms with Gasteiger partial charge in [-0.2, -0.15) is 0 Å². The van der Waals surface area contributed by atoms with Gasteiger partial charge in [0.25, 0.3) is 15.9 Å². The van der Waals surface area contributed by atoms with E-state index >= 15 is 0 Å². The Morgan fingerprint density at radius 3 is 1.90 bits per heavy atom. The minimum Gasteiger partial charge on any atom is -0.496 e. The Bertz CT molecular complexity index is 1120. The van der Waals surface area contributed by atoms with E-state index in [4.69, 9.17) is 9.47 Å². The lowest BCUT2D eigenvalue weighted by molar-refractivity contribution is 0.102. The maximum atomic E-state index is 13.0. The maximum absolute atomic E-state index is 13.0. The van der Waals surface area contributed by atoms with Gasteiger partial charge in [0.15, 0.2) is 0 Å². The van der Waals surface area contributed by atoms with Crippen LogP contribution < -0.4 is 19.5 Å². The zero-order chi connectivity index (χ0) is 21.7. The second-order valence-corrected chi connectivity index (χ2v) is 7.81. The molecule has 1 amide bonds. The van der Waals surface area contributed by atoms with Gasteiger partial charge >= 0.3 is 0 Å². The van der Waals surface area contributed by atoms with E-state index < -0.39 is 21.7 Å². The topological polar surface area (TPSA) is 93.7 Å². The van der Waals surface area contributed by atoms with Crippen LogP contribution in [0.3, 0.4) is 0 Å². The summed E-state index contributed by atoms with van der Waals surface area (Å²) in [5.41, 5.74) is 0.836. The van der Waals surface area contributed by atoms with Gasteiger partial charge in [-0.15, -0.1) is 0 Å². The summed E-state index contributed by atoms with van der Waals surface area (Å²) in [5, 5.41) is 2.69. The number of benzene rings is 3. The third-order valence-electron chi connectivity index (χ3n) is 4.17. The normalized spacial score (nSPS) is 10.9. The van der Waals surface area contributed by atoms with Crippen molar-refractivity contribution in [1.82, 2.24) is 0 Å². The quantitative estimate of drug-likeness (QED) is 0.593. The number of ether oxygens (including phenoxy) is 2. The number of anilines is 2. The Labute approximate surface area is 173 Å². The first-order valence-electron chi connectivity index (χ1n) is 8.75. The van der Waals surface area contributed by atoms with Crippen molar-refractivity contribution in [1.29, 1.82) is 0 Å². The Kier molecular flexibility index (Phi) is 6.22. The number of hydrogen-bond acceptors (Lipinski definition) is 5. The number of carbonyl (C=O) groups is 1. The summed E-state index contributed by atoms with van der Waals surface area (Å²) in [5.74, 6) is -0.252. The van der Waals surface area contributed by atoms with E-state index in [1.54, 1.807) is 18.2 Å². The first-order valence-corrected chi connectivity index (χ1v) is 10.2. The summed E-state index contributed by atoms with van der Waals surface area (Å²) < 4.78 is 50.8. The van der Waals surface area contributed by atoms with Gasteiger partial charge < -0.3 is 14.8 Å². The highest BCUT2D eigenvalue weighted by Crippen LogP contribution is 2.29. The number of halogens is 1. The first-order chi connectivity index (χ1) is 14.3. The van der Waals surface area contributed by atoms with Gasteiger partial charge in [-0.25, -0.2) is 12.8 Å². The van der Waals surface area contributed by atoms with Crippen molar-refractivity contribution < 1.29 is 27.1 Å². The molecule has 0 aliphatic rings. The third-order valence-corrected chi connectivity index (χ3v) is 5.57. The summed E-state index contributed by atoms with van der Waals surface area (Å²) in [4.78, 5) is 12.7. The number of carbonyl (C=O) groups excluding carboxylic acids is 1. The van der Waals surface area contributed by atoms with Crippen LogP contribution in [0.2, 0.25) is 0 Å². The van der Waals surface area contributed by atoms with Crippen LogP contribution >= 0.6 is 0 Å². The number of methoxy groups -OCH3 is 2. The lowest BCUT2D eigenvalue weighted by atomic mass is 10.1. The van der Waals surface area contributed by atoms with E-state index in [9.17, 15) is 17.6 Å². The molecule has 0 aliphatic heterocycles. The standard InChI is InChI=1S/C21H19FN2O5S/c1-28-18-4-3-5-19(29-2)20(18)21(25)23-15-10-12-17(13-11-15)30(26,27)24-16-8-6-14(22)7-9-16/h3-13,24H,1-2H3,(H,23,25). The Balaban J connectivity index is 1.78. The Morgan fingerprint density at radius 2 is 1.37 bits per heavy atom. The first kappa shape index (κ1) is 21.1. The lowest BCUT2D eigenvalue weighted by Crippen LogP contribution is -2.15. The maximum Gasteiger partial charge on any atom is 0.263 e. The highest BCUT2D eigenvalue weighted by atomic mass is 32.2.